The molecule has 1 aliphatic rings. The quantitative estimate of drug-likeness (QED) is 0.704. The third kappa shape index (κ3) is 1.48. The Kier molecular flexibility index (Phi) is 2.10. The van der Waals surface area contributed by atoms with Gasteiger partial charge in [-0.15, -0.1) is 5.10 Å². The van der Waals surface area contributed by atoms with Gasteiger partial charge < -0.3 is 4.74 Å². The summed E-state index contributed by atoms with van der Waals surface area (Å²) < 4.78 is 7.48. The summed E-state index contributed by atoms with van der Waals surface area (Å²) in [4.78, 5) is 0. The maximum atomic E-state index is 5.73. The predicted molar refractivity (Wildman–Crippen MR) is 53.3 cm³/mol. The number of tetrazole rings is 1. The zero-order valence-corrected chi connectivity index (χ0v) is 8.33. The van der Waals surface area contributed by atoms with Crippen LogP contribution in [-0.4, -0.2) is 26.6 Å². The summed E-state index contributed by atoms with van der Waals surface area (Å²) >= 11 is 0. The van der Waals surface area contributed by atoms with Gasteiger partial charge in [0.25, 0.3) is 0 Å². The number of hydrogen-bond donors (Lipinski definition) is 0. The molecule has 15 heavy (non-hydrogen) atoms. The van der Waals surface area contributed by atoms with Gasteiger partial charge in [-0.05, 0) is 41.8 Å². The van der Waals surface area contributed by atoms with Crippen molar-refractivity contribution in [3.63, 3.8) is 0 Å². The normalized spacial score (nSPS) is 22.0. The van der Waals surface area contributed by atoms with Crippen LogP contribution in [-0.2, 0) is 4.74 Å². The molecular weight excluding hydrogens is 192 g/mol. The van der Waals surface area contributed by atoms with Crippen LogP contribution in [0.5, 0.6) is 0 Å². The van der Waals surface area contributed by atoms with E-state index in [4.69, 9.17) is 4.74 Å². The standard InChI is InChI=1S/C10H12N4O/c1-2-7-15-9(5-1)8-4-3-6-10-11-12-13-14(8)10/h3-4,6,9H,1-2,5,7H2. The lowest BCUT2D eigenvalue weighted by atomic mass is 10.1. The molecule has 0 saturated carbocycles. The lowest BCUT2D eigenvalue weighted by molar-refractivity contribution is 0.0110. The van der Waals surface area contributed by atoms with Crippen LogP contribution in [0.1, 0.15) is 31.1 Å². The van der Waals surface area contributed by atoms with Crippen molar-refractivity contribution in [3.8, 4) is 0 Å². The SMILES string of the molecule is c1cc(C2CCCCO2)n2nnnc2c1. The summed E-state index contributed by atoms with van der Waals surface area (Å²) in [6, 6.07) is 5.89. The topological polar surface area (TPSA) is 52.3 Å². The van der Waals surface area contributed by atoms with Crippen LogP contribution in [0.15, 0.2) is 18.2 Å². The van der Waals surface area contributed by atoms with Gasteiger partial charge in [0, 0.05) is 6.61 Å². The molecule has 0 spiro atoms. The van der Waals surface area contributed by atoms with Crippen molar-refractivity contribution in [2.45, 2.75) is 25.4 Å². The van der Waals surface area contributed by atoms with Crippen LogP contribution < -0.4 is 0 Å². The monoisotopic (exact) mass is 204 g/mol. The molecule has 0 aliphatic carbocycles. The van der Waals surface area contributed by atoms with Crippen molar-refractivity contribution in [3.05, 3.63) is 23.9 Å². The first kappa shape index (κ1) is 8.79. The molecule has 0 bridgehead atoms. The Balaban J connectivity index is 2.05. The van der Waals surface area contributed by atoms with E-state index < -0.39 is 0 Å². The Morgan fingerprint density at radius 2 is 2.33 bits per heavy atom. The smallest absolute Gasteiger partial charge is 0.179 e. The highest BCUT2D eigenvalue weighted by Gasteiger charge is 2.19. The minimum Gasteiger partial charge on any atom is -0.372 e. The predicted octanol–water partition coefficient (Wildman–Crippen LogP) is 1.37. The average Bonchev–Trinajstić information content (AvgIpc) is 2.78. The molecular formula is C10H12N4O. The van der Waals surface area contributed by atoms with E-state index in [1.54, 1.807) is 4.52 Å². The molecule has 0 aromatic carbocycles. The lowest BCUT2D eigenvalue weighted by Crippen LogP contribution is -2.15. The second-order valence-corrected chi connectivity index (χ2v) is 3.75. The van der Waals surface area contributed by atoms with Crippen molar-refractivity contribution in [2.24, 2.45) is 0 Å². The summed E-state index contributed by atoms with van der Waals surface area (Å²) in [5.41, 5.74) is 1.83. The molecule has 78 valence electrons. The van der Waals surface area contributed by atoms with Gasteiger partial charge in [0.05, 0.1) is 11.8 Å². The van der Waals surface area contributed by atoms with E-state index in [0.29, 0.717) is 0 Å². The summed E-state index contributed by atoms with van der Waals surface area (Å²) in [7, 11) is 0. The zero-order valence-electron chi connectivity index (χ0n) is 8.33. The van der Waals surface area contributed by atoms with Gasteiger partial charge in [-0.25, -0.2) is 0 Å². The Bertz CT molecular complexity index is 461. The van der Waals surface area contributed by atoms with Crippen molar-refractivity contribution < 1.29 is 4.74 Å². The highest BCUT2D eigenvalue weighted by molar-refractivity contribution is 5.36. The van der Waals surface area contributed by atoms with Crippen molar-refractivity contribution in [1.82, 2.24) is 20.0 Å². The fraction of sp³-hybridized carbons (Fsp3) is 0.500. The van der Waals surface area contributed by atoms with Crippen LogP contribution in [0.2, 0.25) is 0 Å². The van der Waals surface area contributed by atoms with Gasteiger partial charge in [-0.3, -0.25) is 0 Å². The van der Waals surface area contributed by atoms with E-state index in [1.807, 2.05) is 18.2 Å². The van der Waals surface area contributed by atoms with Gasteiger partial charge in [0.15, 0.2) is 5.65 Å². The Morgan fingerprint density at radius 1 is 1.33 bits per heavy atom. The minimum absolute atomic E-state index is 0.144. The van der Waals surface area contributed by atoms with Gasteiger partial charge in [0.1, 0.15) is 0 Å². The second kappa shape index (κ2) is 3.58. The molecule has 5 heteroatoms. The lowest BCUT2D eigenvalue weighted by Gasteiger charge is -2.22. The molecule has 2 aromatic rings. The molecule has 0 radical (unpaired) electrons. The molecule has 1 unspecified atom stereocenters. The van der Waals surface area contributed by atoms with Gasteiger partial charge in [-0.1, -0.05) is 6.07 Å². The van der Waals surface area contributed by atoms with Gasteiger partial charge in [-0.2, -0.15) is 4.52 Å². The maximum Gasteiger partial charge on any atom is 0.179 e. The van der Waals surface area contributed by atoms with Crippen LogP contribution in [0.4, 0.5) is 0 Å². The number of aromatic nitrogens is 4. The number of pyridine rings is 1. The molecule has 1 aliphatic heterocycles. The molecule has 2 aromatic heterocycles. The number of fused-ring (bicyclic) bond motifs is 1. The third-order valence-corrected chi connectivity index (χ3v) is 2.76. The van der Waals surface area contributed by atoms with Gasteiger partial charge in [0.2, 0.25) is 0 Å². The zero-order chi connectivity index (χ0) is 10.1. The highest BCUT2D eigenvalue weighted by atomic mass is 16.5. The number of nitrogens with zero attached hydrogens (tertiary/aromatic N) is 4. The Morgan fingerprint density at radius 3 is 3.20 bits per heavy atom. The van der Waals surface area contributed by atoms with Crippen LogP contribution in [0, 0.1) is 0 Å². The van der Waals surface area contributed by atoms with E-state index in [9.17, 15) is 0 Å². The molecule has 1 saturated heterocycles. The van der Waals surface area contributed by atoms with Crippen LogP contribution in [0.25, 0.3) is 5.65 Å². The van der Waals surface area contributed by atoms with Gasteiger partial charge >= 0.3 is 0 Å². The van der Waals surface area contributed by atoms with Crippen LogP contribution in [0.3, 0.4) is 0 Å². The van der Waals surface area contributed by atoms with Crippen molar-refractivity contribution in [1.29, 1.82) is 0 Å². The number of ether oxygens (including phenoxy) is 1. The fourth-order valence-electron chi connectivity index (χ4n) is 2.00. The summed E-state index contributed by atoms with van der Waals surface area (Å²) in [6.07, 6.45) is 3.57. The number of rotatable bonds is 1. The van der Waals surface area contributed by atoms with Crippen molar-refractivity contribution >= 4 is 5.65 Å². The summed E-state index contributed by atoms with van der Waals surface area (Å²) in [6.45, 7) is 0.836. The first-order valence-corrected chi connectivity index (χ1v) is 5.24. The molecule has 3 rings (SSSR count). The first-order chi connectivity index (χ1) is 7.45. The highest BCUT2D eigenvalue weighted by Crippen LogP contribution is 2.27. The first-order valence-electron chi connectivity index (χ1n) is 5.24. The van der Waals surface area contributed by atoms with E-state index in [1.165, 1.54) is 6.42 Å². The van der Waals surface area contributed by atoms with Crippen molar-refractivity contribution in [2.75, 3.05) is 6.61 Å². The van der Waals surface area contributed by atoms with E-state index in [2.05, 4.69) is 15.5 Å². The molecule has 5 nitrogen and oxygen atoms in total. The van der Waals surface area contributed by atoms with E-state index in [-0.39, 0.29) is 6.10 Å². The van der Waals surface area contributed by atoms with Crippen LogP contribution >= 0.6 is 0 Å². The minimum atomic E-state index is 0.144. The third-order valence-electron chi connectivity index (χ3n) is 2.76. The Hall–Kier alpha value is -1.49. The fourth-order valence-corrected chi connectivity index (χ4v) is 2.00. The summed E-state index contributed by atoms with van der Waals surface area (Å²) in [5, 5.41) is 11.6. The number of hydrogen-bond acceptors (Lipinski definition) is 4. The average molecular weight is 204 g/mol. The molecule has 0 amide bonds. The van der Waals surface area contributed by atoms with E-state index in [0.717, 1.165) is 30.8 Å². The maximum absolute atomic E-state index is 5.73. The van der Waals surface area contributed by atoms with E-state index >= 15 is 0 Å². The second-order valence-electron chi connectivity index (χ2n) is 3.75. The summed E-state index contributed by atoms with van der Waals surface area (Å²) in [5.74, 6) is 0. The molecule has 3 heterocycles. The molecule has 1 atom stereocenters. The molecule has 0 N–H and O–H groups in total. The molecule has 1 fully saturated rings. The largest absolute Gasteiger partial charge is 0.372 e. The Labute approximate surface area is 87.0 Å².